The second kappa shape index (κ2) is 7.22. The minimum atomic E-state index is -0.0391. The highest BCUT2D eigenvalue weighted by atomic mass is 16.2. The largest absolute Gasteiger partial charge is 0.354 e. The van der Waals surface area contributed by atoms with Gasteiger partial charge in [-0.3, -0.25) is 14.5 Å². The van der Waals surface area contributed by atoms with Crippen LogP contribution in [0.25, 0.3) is 0 Å². The van der Waals surface area contributed by atoms with Crippen LogP contribution >= 0.6 is 0 Å². The maximum absolute atomic E-state index is 11.4. The van der Waals surface area contributed by atoms with Gasteiger partial charge in [0.15, 0.2) is 0 Å². The summed E-state index contributed by atoms with van der Waals surface area (Å²) in [5.74, 6) is -0.0136. The Morgan fingerprint density at radius 1 is 1.19 bits per heavy atom. The standard InChI is InChI=1S/C11H23N3O2/c1-9(2)14(5)8-10(15)12-7-6-11(16)13(3)4/h9H,6-8H2,1-5H3,(H,12,15). The normalized spacial score (nSPS) is 10.7. The molecule has 16 heavy (non-hydrogen) atoms. The Balaban J connectivity index is 3.70. The topological polar surface area (TPSA) is 52.7 Å². The van der Waals surface area contributed by atoms with Gasteiger partial charge in [-0.15, -0.1) is 0 Å². The fraction of sp³-hybridized carbons (Fsp3) is 0.818. The van der Waals surface area contributed by atoms with Crippen molar-refractivity contribution in [2.45, 2.75) is 26.3 Å². The lowest BCUT2D eigenvalue weighted by atomic mass is 10.3. The van der Waals surface area contributed by atoms with E-state index < -0.39 is 0 Å². The van der Waals surface area contributed by atoms with Crippen molar-refractivity contribution in [2.24, 2.45) is 0 Å². The number of carbonyl (C=O) groups is 2. The van der Waals surface area contributed by atoms with Crippen molar-refractivity contribution in [2.75, 3.05) is 34.2 Å². The van der Waals surface area contributed by atoms with E-state index in [0.717, 1.165) is 0 Å². The van der Waals surface area contributed by atoms with Gasteiger partial charge in [-0.05, 0) is 20.9 Å². The Morgan fingerprint density at radius 3 is 2.19 bits per heavy atom. The van der Waals surface area contributed by atoms with Crippen LogP contribution in [-0.2, 0) is 9.59 Å². The Morgan fingerprint density at radius 2 is 1.75 bits per heavy atom. The molecule has 0 aliphatic carbocycles. The molecule has 0 aliphatic rings. The summed E-state index contributed by atoms with van der Waals surface area (Å²) < 4.78 is 0. The molecule has 0 aromatic carbocycles. The molecule has 0 bridgehead atoms. The lowest BCUT2D eigenvalue weighted by Crippen LogP contribution is -2.39. The number of amides is 2. The molecule has 0 aliphatic heterocycles. The first kappa shape index (κ1) is 14.9. The molecule has 0 heterocycles. The van der Waals surface area contributed by atoms with E-state index >= 15 is 0 Å². The summed E-state index contributed by atoms with van der Waals surface area (Å²) in [7, 11) is 5.31. The number of carbonyl (C=O) groups excluding carboxylic acids is 2. The highest BCUT2D eigenvalue weighted by Gasteiger charge is 2.09. The van der Waals surface area contributed by atoms with Crippen molar-refractivity contribution >= 4 is 11.8 Å². The van der Waals surface area contributed by atoms with E-state index in [9.17, 15) is 9.59 Å². The predicted octanol–water partition coefficient (Wildman–Crippen LogP) is -0.0789. The second-order valence-corrected chi connectivity index (χ2v) is 4.40. The molecule has 0 unspecified atom stereocenters. The third-order valence-corrected chi connectivity index (χ3v) is 2.43. The number of nitrogens with one attached hydrogen (secondary N) is 1. The van der Waals surface area contributed by atoms with Crippen LogP contribution in [0.1, 0.15) is 20.3 Å². The van der Waals surface area contributed by atoms with Crippen LogP contribution in [0.4, 0.5) is 0 Å². The molecule has 0 saturated carbocycles. The monoisotopic (exact) mass is 229 g/mol. The van der Waals surface area contributed by atoms with Gasteiger partial charge in [0.1, 0.15) is 0 Å². The highest BCUT2D eigenvalue weighted by molar-refractivity contribution is 5.79. The Bertz CT molecular complexity index is 239. The van der Waals surface area contributed by atoms with E-state index in [1.54, 1.807) is 14.1 Å². The number of hydrogen-bond acceptors (Lipinski definition) is 3. The maximum Gasteiger partial charge on any atom is 0.234 e. The van der Waals surface area contributed by atoms with Gasteiger partial charge in [0.2, 0.25) is 11.8 Å². The van der Waals surface area contributed by atoms with E-state index in [-0.39, 0.29) is 11.8 Å². The fourth-order valence-corrected chi connectivity index (χ4v) is 0.997. The quantitative estimate of drug-likeness (QED) is 0.693. The van der Waals surface area contributed by atoms with Crippen LogP contribution in [0.5, 0.6) is 0 Å². The van der Waals surface area contributed by atoms with E-state index in [2.05, 4.69) is 5.32 Å². The van der Waals surface area contributed by atoms with Crippen molar-refractivity contribution in [1.82, 2.24) is 15.1 Å². The Labute approximate surface area is 97.8 Å². The first-order chi connectivity index (χ1) is 7.34. The van der Waals surface area contributed by atoms with Gasteiger partial charge < -0.3 is 10.2 Å². The summed E-state index contributed by atoms with van der Waals surface area (Å²) >= 11 is 0. The van der Waals surface area contributed by atoms with Gasteiger partial charge in [-0.2, -0.15) is 0 Å². The lowest BCUT2D eigenvalue weighted by molar-refractivity contribution is -0.128. The van der Waals surface area contributed by atoms with Gasteiger partial charge in [-0.1, -0.05) is 0 Å². The number of nitrogens with zero attached hydrogens (tertiary/aromatic N) is 2. The van der Waals surface area contributed by atoms with Crippen molar-refractivity contribution in [3.05, 3.63) is 0 Å². The highest BCUT2D eigenvalue weighted by Crippen LogP contribution is 1.92. The van der Waals surface area contributed by atoms with Crippen molar-refractivity contribution < 1.29 is 9.59 Å². The van der Waals surface area contributed by atoms with Gasteiger partial charge in [0.05, 0.1) is 6.54 Å². The third kappa shape index (κ3) is 6.40. The number of likely N-dealkylation sites (N-methyl/N-ethyl adjacent to an activating group) is 1. The summed E-state index contributed by atoms with van der Waals surface area (Å²) in [6, 6.07) is 0.342. The molecule has 0 atom stereocenters. The molecule has 0 aromatic rings. The van der Waals surface area contributed by atoms with Crippen LogP contribution in [0.15, 0.2) is 0 Å². The zero-order valence-corrected chi connectivity index (χ0v) is 10.9. The summed E-state index contributed by atoms with van der Waals surface area (Å²) in [6.45, 7) is 4.83. The summed E-state index contributed by atoms with van der Waals surface area (Å²) in [4.78, 5) is 26.1. The fourth-order valence-electron chi connectivity index (χ4n) is 0.997. The molecular weight excluding hydrogens is 206 g/mol. The summed E-state index contributed by atoms with van der Waals surface area (Å²) in [5, 5.41) is 2.73. The Kier molecular flexibility index (Phi) is 6.72. The van der Waals surface area contributed by atoms with Crippen molar-refractivity contribution in [3.63, 3.8) is 0 Å². The average Bonchev–Trinajstić information content (AvgIpc) is 2.16. The van der Waals surface area contributed by atoms with Gasteiger partial charge in [0, 0.05) is 33.1 Å². The van der Waals surface area contributed by atoms with Crippen LogP contribution in [0.2, 0.25) is 0 Å². The molecule has 5 heteroatoms. The smallest absolute Gasteiger partial charge is 0.234 e. The molecule has 2 amide bonds. The van der Waals surface area contributed by atoms with Crippen LogP contribution in [0.3, 0.4) is 0 Å². The molecule has 0 spiro atoms. The molecule has 0 rings (SSSR count). The van der Waals surface area contributed by atoms with Gasteiger partial charge in [-0.25, -0.2) is 0 Å². The minimum Gasteiger partial charge on any atom is -0.354 e. The van der Waals surface area contributed by atoms with Gasteiger partial charge in [0.25, 0.3) is 0 Å². The summed E-state index contributed by atoms with van der Waals surface area (Å²) in [5.41, 5.74) is 0. The first-order valence-corrected chi connectivity index (χ1v) is 5.51. The number of hydrogen-bond donors (Lipinski definition) is 1. The molecule has 1 N–H and O–H groups in total. The molecule has 0 fully saturated rings. The van der Waals surface area contributed by atoms with Crippen LogP contribution < -0.4 is 5.32 Å². The van der Waals surface area contributed by atoms with Crippen molar-refractivity contribution in [3.8, 4) is 0 Å². The van der Waals surface area contributed by atoms with E-state index in [4.69, 9.17) is 0 Å². The Hall–Kier alpha value is -1.10. The second-order valence-electron chi connectivity index (χ2n) is 4.40. The third-order valence-electron chi connectivity index (χ3n) is 2.43. The number of rotatable bonds is 6. The zero-order valence-electron chi connectivity index (χ0n) is 10.9. The van der Waals surface area contributed by atoms with Crippen LogP contribution in [-0.4, -0.2) is 61.9 Å². The molecule has 94 valence electrons. The molecular formula is C11H23N3O2. The minimum absolute atomic E-state index is 0.0255. The first-order valence-electron chi connectivity index (χ1n) is 5.51. The molecule has 0 aromatic heterocycles. The maximum atomic E-state index is 11.4. The lowest BCUT2D eigenvalue weighted by Gasteiger charge is -2.20. The van der Waals surface area contributed by atoms with E-state index in [1.807, 2.05) is 25.8 Å². The SMILES string of the molecule is CC(C)N(C)CC(=O)NCCC(=O)N(C)C. The van der Waals surface area contributed by atoms with Crippen molar-refractivity contribution in [1.29, 1.82) is 0 Å². The van der Waals surface area contributed by atoms with Crippen LogP contribution in [0, 0.1) is 0 Å². The average molecular weight is 229 g/mol. The molecule has 0 saturated heterocycles. The summed E-state index contributed by atoms with van der Waals surface area (Å²) in [6.07, 6.45) is 0.351. The zero-order chi connectivity index (χ0) is 12.7. The molecule has 0 radical (unpaired) electrons. The van der Waals surface area contributed by atoms with E-state index in [0.29, 0.717) is 25.6 Å². The predicted molar refractivity (Wildman–Crippen MR) is 64.1 cm³/mol. The van der Waals surface area contributed by atoms with E-state index in [1.165, 1.54) is 4.90 Å². The van der Waals surface area contributed by atoms with Gasteiger partial charge >= 0.3 is 0 Å². The molecule has 5 nitrogen and oxygen atoms in total.